The van der Waals surface area contributed by atoms with Gasteiger partial charge >= 0.3 is 0 Å². The Morgan fingerprint density at radius 1 is 1.19 bits per heavy atom. The first-order chi connectivity index (χ1) is 12.6. The molecule has 3 heterocycles. The second kappa shape index (κ2) is 6.68. The molecule has 0 fully saturated rings. The zero-order chi connectivity index (χ0) is 18.1. The summed E-state index contributed by atoms with van der Waals surface area (Å²) in [5.74, 6) is 0.186. The van der Waals surface area contributed by atoms with Gasteiger partial charge in [-0.15, -0.1) is 11.3 Å². The van der Waals surface area contributed by atoms with Gasteiger partial charge in [-0.25, -0.2) is 9.97 Å². The first kappa shape index (κ1) is 16.4. The Balaban J connectivity index is 1.74. The third kappa shape index (κ3) is 3.09. The Kier molecular flexibility index (Phi) is 4.22. The van der Waals surface area contributed by atoms with E-state index in [2.05, 4.69) is 9.97 Å². The van der Waals surface area contributed by atoms with Gasteiger partial charge in [-0.2, -0.15) is 4.39 Å². The van der Waals surface area contributed by atoms with Gasteiger partial charge in [0.05, 0.1) is 25.4 Å². The van der Waals surface area contributed by atoms with Crippen molar-refractivity contribution in [3.8, 4) is 16.2 Å². The summed E-state index contributed by atoms with van der Waals surface area (Å²) in [4.78, 5) is 22.2. The smallest absolute Gasteiger partial charge is 0.262 e. The van der Waals surface area contributed by atoms with Crippen molar-refractivity contribution in [3.05, 3.63) is 76.9 Å². The number of ether oxygens (including phenoxy) is 1. The number of thiophene rings is 1. The van der Waals surface area contributed by atoms with Crippen LogP contribution in [0.25, 0.3) is 20.7 Å². The number of pyridine rings is 1. The van der Waals surface area contributed by atoms with Crippen molar-refractivity contribution in [2.45, 2.75) is 6.54 Å². The number of halogens is 1. The molecular weight excluding hydrogens is 353 g/mol. The van der Waals surface area contributed by atoms with E-state index in [9.17, 15) is 9.18 Å². The lowest BCUT2D eigenvalue weighted by Gasteiger charge is -2.07. The molecule has 4 aromatic rings. The first-order valence-electron chi connectivity index (χ1n) is 7.88. The van der Waals surface area contributed by atoms with Crippen LogP contribution in [-0.2, 0) is 6.54 Å². The summed E-state index contributed by atoms with van der Waals surface area (Å²) in [7, 11) is 1.60. The molecule has 0 unspecified atom stereocenters. The molecule has 3 aromatic heterocycles. The fraction of sp³-hybridized carbons (Fsp3) is 0.105. The number of rotatable bonds is 4. The predicted octanol–water partition coefficient (Wildman–Crippen LogP) is 3.72. The van der Waals surface area contributed by atoms with E-state index in [1.165, 1.54) is 29.9 Å². The average Bonchev–Trinajstić information content (AvgIpc) is 3.09. The number of benzene rings is 1. The maximum Gasteiger partial charge on any atom is 0.262 e. The molecule has 0 aliphatic carbocycles. The van der Waals surface area contributed by atoms with Crippen LogP contribution in [0.15, 0.2) is 59.8 Å². The zero-order valence-corrected chi connectivity index (χ0v) is 14.7. The van der Waals surface area contributed by atoms with Crippen LogP contribution >= 0.6 is 11.3 Å². The summed E-state index contributed by atoms with van der Waals surface area (Å²) >= 11 is 1.36. The van der Waals surface area contributed by atoms with E-state index in [-0.39, 0.29) is 5.56 Å². The SMILES string of the molecule is COc1cccc(Cn2cnc3sc(-c4ccnc(F)c4)cc3c2=O)c1. The van der Waals surface area contributed by atoms with Crippen molar-refractivity contribution in [3.63, 3.8) is 0 Å². The monoisotopic (exact) mass is 367 g/mol. The Morgan fingerprint density at radius 2 is 2.08 bits per heavy atom. The number of aromatic nitrogens is 3. The lowest BCUT2D eigenvalue weighted by Crippen LogP contribution is -2.20. The highest BCUT2D eigenvalue weighted by Gasteiger charge is 2.11. The third-order valence-corrected chi connectivity index (χ3v) is 5.11. The van der Waals surface area contributed by atoms with Gasteiger partial charge in [0.1, 0.15) is 10.6 Å². The van der Waals surface area contributed by atoms with Crippen LogP contribution in [0.4, 0.5) is 4.39 Å². The van der Waals surface area contributed by atoms with Crippen LogP contribution in [0.2, 0.25) is 0 Å². The summed E-state index contributed by atoms with van der Waals surface area (Å²) in [5, 5.41) is 0.521. The Bertz CT molecular complexity index is 1150. The molecule has 26 heavy (non-hydrogen) atoms. The van der Waals surface area contributed by atoms with Crippen LogP contribution in [0, 0.1) is 5.95 Å². The van der Waals surface area contributed by atoms with Crippen LogP contribution in [0.5, 0.6) is 5.75 Å². The Labute approximate surface area is 152 Å². The van der Waals surface area contributed by atoms with E-state index >= 15 is 0 Å². The van der Waals surface area contributed by atoms with Crippen molar-refractivity contribution >= 4 is 21.6 Å². The van der Waals surface area contributed by atoms with Gasteiger partial charge in [0.2, 0.25) is 5.95 Å². The molecule has 0 spiro atoms. The molecule has 1 aromatic carbocycles. The van der Waals surface area contributed by atoms with Crippen LogP contribution < -0.4 is 10.3 Å². The molecular formula is C19H14FN3O2S. The van der Waals surface area contributed by atoms with Gasteiger partial charge in [-0.1, -0.05) is 12.1 Å². The molecule has 4 rings (SSSR count). The third-order valence-electron chi connectivity index (χ3n) is 4.02. The summed E-state index contributed by atoms with van der Waals surface area (Å²) in [6.07, 6.45) is 2.95. The molecule has 7 heteroatoms. The minimum atomic E-state index is -0.552. The van der Waals surface area contributed by atoms with Gasteiger partial charge in [0.25, 0.3) is 5.56 Å². The van der Waals surface area contributed by atoms with E-state index in [0.29, 0.717) is 22.3 Å². The Morgan fingerprint density at radius 3 is 2.88 bits per heavy atom. The largest absolute Gasteiger partial charge is 0.497 e. The summed E-state index contributed by atoms with van der Waals surface area (Å²) in [6.45, 7) is 0.397. The van der Waals surface area contributed by atoms with Crippen molar-refractivity contribution in [2.75, 3.05) is 7.11 Å². The summed E-state index contributed by atoms with van der Waals surface area (Å²) < 4.78 is 20.1. The van der Waals surface area contributed by atoms with E-state index in [1.807, 2.05) is 24.3 Å². The van der Waals surface area contributed by atoms with Crippen molar-refractivity contribution in [2.24, 2.45) is 0 Å². The van der Waals surface area contributed by atoms with E-state index in [4.69, 9.17) is 4.74 Å². The molecule has 5 nitrogen and oxygen atoms in total. The van der Waals surface area contributed by atoms with Gasteiger partial charge in [0.15, 0.2) is 0 Å². The Hall–Kier alpha value is -3.06. The van der Waals surface area contributed by atoms with E-state index in [0.717, 1.165) is 16.2 Å². The molecule has 0 radical (unpaired) electrons. The van der Waals surface area contributed by atoms with Crippen molar-refractivity contribution < 1.29 is 9.13 Å². The second-order valence-electron chi connectivity index (χ2n) is 5.73. The molecule has 0 amide bonds. The maximum atomic E-state index is 13.4. The molecule has 0 bridgehead atoms. The van der Waals surface area contributed by atoms with Crippen molar-refractivity contribution in [1.82, 2.24) is 14.5 Å². The predicted molar refractivity (Wildman–Crippen MR) is 99.2 cm³/mol. The molecule has 0 N–H and O–H groups in total. The molecule has 0 saturated heterocycles. The quantitative estimate of drug-likeness (QED) is 0.516. The highest BCUT2D eigenvalue weighted by molar-refractivity contribution is 7.21. The van der Waals surface area contributed by atoms with E-state index < -0.39 is 5.95 Å². The highest BCUT2D eigenvalue weighted by atomic mass is 32.1. The minimum absolute atomic E-state index is 0.130. The second-order valence-corrected chi connectivity index (χ2v) is 6.76. The fourth-order valence-corrected chi connectivity index (χ4v) is 3.72. The number of methoxy groups -OCH3 is 1. The number of hydrogen-bond donors (Lipinski definition) is 0. The summed E-state index contributed by atoms with van der Waals surface area (Å²) in [6, 6.07) is 12.4. The highest BCUT2D eigenvalue weighted by Crippen LogP contribution is 2.30. The van der Waals surface area contributed by atoms with E-state index in [1.54, 1.807) is 23.8 Å². The first-order valence-corrected chi connectivity index (χ1v) is 8.69. The average molecular weight is 367 g/mol. The molecule has 0 saturated carbocycles. The zero-order valence-electron chi connectivity index (χ0n) is 13.8. The standard InChI is InChI=1S/C19H14FN3O2S/c1-25-14-4-2-3-12(7-14)10-23-11-22-18-15(19(23)24)9-16(26-18)13-5-6-21-17(20)8-13/h2-9,11H,10H2,1H3. The topological polar surface area (TPSA) is 57.0 Å². The van der Waals surface area contributed by atoms with Gasteiger partial charge in [-0.3, -0.25) is 9.36 Å². The minimum Gasteiger partial charge on any atom is -0.497 e. The van der Waals surface area contributed by atoms with Gasteiger partial charge in [0, 0.05) is 17.1 Å². The normalized spacial score (nSPS) is 11.0. The van der Waals surface area contributed by atoms with Crippen LogP contribution in [0.3, 0.4) is 0 Å². The molecule has 0 aliphatic heterocycles. The number of hydrogen-bond acceptors (Lipinski definition) is 5. The maximum absolute atomic E-state index is 13.4. The van der Waals surface area contributed by atoms with Crippen molar-refractivity contribution in [1.29, 1.82) is 0 Å². The molecule has 0 aliphatic rings. The fourth-order valence-electron chi connectivity index (χ4n) is 2.74. The van der Waals surface area contributed by atoms with Gasteiger partial charge in [-0.05, 0) is 35.4 Å². The van der Waals surface area contributed by atoms with Crippen LogP contribution in [0.1, 0.15) is 5.56 Å². The number of fused-ring (bicyclic) bond motifs is 1. The lowest BCUT2D eigenvalue weighted by atomic mass is 10.2. The lowest BCUT2D eigenvalue weighted by molar-refractivity contribution is 0.414. The summed E-state index contributed by atoms with van der Waals surface area (Å²) in [5.41, 5.74) is 1.49. The van der Waals surface area contributed by atoms with Crippen LogP contribution in [-0.4, -0.2) is 21.6 Å². The number of nitrogens with zero attached hydrogens (tertiary/aromatic N) is 3. The van der Waals surface area contributed by atoms with Gasteiger partial charge < -0.3 is 4.74 Å². The molecule has 130 valence electrons. The molecule has 0 atom stereocenters.